The number of hydrazine groups is 1. The predicted octanol–water partition coefficient (Wildman–Crippen LogP) is 1.59. The van der Waals surface area contributed by atoms with Gasteiger partial charge in [-0.05, 0) is 18.1 Å². The molecule has 1 aromatic rings. The smallest absolute Gasteiger partial charge is 0.329 e. The van der Waals surface area contributed by atoms with Crippen LogP contribution < -0.4 is 21.5 Å². The highest BCUT2D eigenvalue weighted by Crippen LogP contribution is 2.39. The third-order valence-electron chi connectivity index (χ3n) is 6.48. The van der Waals surface area contributed by atoms with E-state index < -0.39 is 30.6 Å². The fourth-order valence-corrected chi connectivity index (χ4v) is 4.96. The van der Waals surface area contributed by atoms with Gasteiger partial charge in [-0.15, -0.1) is 0 Å². The van der Waals surface area contributed by atoms with E-state index >= 15 is 0 Å². The highest BCUT2D eigenvalue weighted by atomic mass is 19.4. The highest BCUT2D eigenvalue weighted by Gasteiger charge is 2.54. The average Bonchev–Trinajstić information content (AvgIpc) is 3.20. The Balaban J connectivity index is 1.61. The molecule has 0 aromatic heterocycles. The second-order valence-electron chi connectivity index (χ2n) is 8.90. The van der Waals surface area contributed by atoms with Gasteiger partial charge in [0.05, 0.1) is 12.0 Å². The van der Waals surface area contributed by atoms with Gasteiger partial charge in [-0.3, -0.25) is 20.4 Å². The molecule has 2 amide bonds. The zero-order valence-electron chi connectivity index (χ0n) is 17.5. The van der Waals surface area contributed by atoms with Crippen molar-refractivity contribution in [2.24, 2.45) is 11.8 Å². The van der Waals surface area contributed by atoms with Gasteiger partial charge in [0, 0.05) is 42.7 Å². The average molecular weight is 439 g/mol. The van der Waals surface area contributed by atoms with E-state index in [2.05, 4.69) is 21.5 Å². The van der Waals surface area contributed by atoms with Gasteiger partial charge in [0.25, 0.3) is 0 Å². The number of nitrogens with one attached hydrogen (secondary N) is 4. The summed E-state index contributed by atoms with van der Waals surface area (Å²) >= 11 is 0. The molecule has 3 aliphatic heterocycles. The van der Waals surface area contributed by atoms with Crippen LogP contribution in [0.5, 0.6) is 0 Å². The van der Waals surface area contributed by atoms with Crippen LogP contribution in [-0.2, 0) is 9.59 Å². The summed E-state index contributed by atoms with van der Waals surface area (Å²) in [5.41, 5.74) is 7.53. The van der Waals surface area contributed by atoms with Crippen LogP contribution in [0.15, 0.2) is 24.3 Å². The Morgan fingerprint density at radius 3 is 2.68 bits per heavy atom. The number of halogens is 3. The third kappa shape index (κ3) is 4.42. The molecule has 10 heteroatoms. The number of para-hydroxylation sites is 1. The van der Waals surface area contributed by atoms with E-state index in [4.69, 9.17) is 0 Å². The molecule has 3 heterocycles. The molecule has 4 rings (SSSR count). The number of rotatable bonds is 4. The molecule has 0 radical (unpaired) electrons. The van der Waals surface area contributed by atoms with Gasteiger partial charge in [0.15, 0.2) is 0 Å². The summed E-state index contributed by atoms with van der Waals surface area (Å²) in [6.07, 6.45) is -4.08. The van der Waals surface area contributed by atoms with Gasteiger partial charge in [-0.2, -0.15) is 13.2 Å². The molecule has 3 fully saturated rings. The van der Waals surface area contributed by atoms with Crippen LogP contribution in [0.4, 0.5) is 18.9 Å². The Labute approximate surface area is 179 Å². The number of amides is 2. The van der Waals surface area contributed by atoms with Crippen molar-refractivity contribution in [3.05, 3.63) is 29.8 Å². The maximum atomic E-state index is 13.3. The monoisotopic (exact) mass is 439 g/mol. The maximum Gasteiger partial charge on any atom is 0.406 e. The largest absolute Gasteiger partial charge is 0.406 e. The summed E-state index contributed by atoms with van der Waals surface area (Å²) in [4.78, 5) is 26.2. The van der Waals surface area contributed by atoms with Gasteiger partial charge < -0.3 is 15.5 Å². The predicted molar refractivity (Wildman–Crippen MR) is 109 cm³/mol. The molecule has 5 atom stereocenters. The fraction of sp³-hybridized carbons (Fsp3) is 0.619. The van der Waals surface area contributed by atoms with E-state index in [0.717, 1.165) is 10.5 Å². The Bertz CT molecular complexity index is 847. The van der Waals surface area contributed by atoms with Gasteiger partial charge in [0.2, 0.25) is 11.8 Å². The van der Waals surface area contributed by atoms with E-state index in [1.165, 1.54) is 0 Å². The van der Waals surface area contributed by atoms with Gasteiger partial charge in [-0.1, -0.05) is 32.0 Å². The third-order valence-corrected chi connectivity index (χ3v) is 6.48. The lowest BCUT2D eigenvalue weighted by molar-refractivity contribution is -0.176. The van der Waals surface area contributed by atoms with Crippen LogP contribution in [0.1, 0.15) is 31.7 Å². The van der Waals surface area contributed by atoms with E-state index in [9.17, 15) is 22.8 Å². The topological polar surface area (TPSA) is 85.5 Å². The highest BCUT2D eigenvalue weighted by molar-refractivity contribution is 5.93. The second-order valence-corrected chi connectivity index (χ2v) is 8.90. The van der Waals surface area contributed by atoms with Crippen molar-refractivity contribution in [1.29, 1.82) is 0 Å². The lowest BCUT2D eigenvalue weighted by Gasteiger charge is -2.51. The molecule has 170 valence electrons. The molecule has 7 nitrogen and oxygen atoms in total. The van der Waals surface area contributed by atoms with Crippen molar-refractivity contribution in [3.63, 3.8) is 0 Å². The van der Waals surface area contributed by atoms with Crippen LogP contribution in [-0.4, -0.2) is 60.7 Å². The molecule has 4 N–H and O–H groups in total. The lowest BCUT2D eigenvalue weighted by atomic mass is 9.76. The zero-order chi connectivity index (χ0) is 22.3. The fourth-order valence-electron chi connectivity index (χ4n) is 4.96. The molecule has 0 bridgehead atoms. The maximum absolute atomic E-state index is 13.3. The summed E-state index contributed by atoms with van der Waals surface area (Å²) in [5, 5.41) is 6.33. The molecule has 5 unspecified atom stereocenters. The van der Waals surface area contributed by atoms with Crippen LogP contribution in [0.25, 0.3) is 0 Å². The Hall–Kier alpha value is -2.17. The first kappa shape index (κ1) is 22.0. The first-order valence-electron chi connectivity index (χ1n) is 10.6. The molecular weight excluding hydrogens is 411 g/mol. The van der Waals surface area contributed by atoms with Crippen LogP contribution in [0.2, 0.25) is 0 Å². The number of piperidine rings is 2. The summed E-state index contributed by atoms with van der Waals surface area (Å²) in [6.45, 7) is 3.21. The van der Waals surface area contributed by atoms with Crippen LogP contribution in [0, 0.1) is 11.8 Å². The molecule has 0 aliphatic carbocycles. The van der Waals surface area contributed by atoms with Gasteiger partial charge in [0.1, 0.15) is 6.54 Å². The number of likely N-dealkylation sites (tertiary alicyclic amines) is 1. The standard InChI is InChI=1S/C21H28F3N5O2/c1-11(2)19(30)27-15-6-4-3-5-13(15)12-7-16-18(25-8-12)17-14(9-26-28-17)20(31)29(16)10-21(22,23)24/h3-6,11-12,14,16-18,25-26,28H,7-10H2,1-2H3,(H,27,30). The number of anilines is 1. The Kier molecular flexibility index (Phi) is 5.97. The number of nitrogens with zero attached hydrogens (tertiary/aromatic N) is 1. The van der Waals surface area contributed by atoms with Crippen molar-refractivity contribution < 1.29 is 22.8 Å². The molecule has 31 heavy (non-hydrogen) atoms. The Morgan fingerprint density at radius 1 is 1.23 bits per heavy atom. The number of hydrogen-bond donors (Lipinski definition) is 4. The van der Waals surface area contributed by atoms with Gasteiger partial charge >= 0.3 is 6.18 Å². The van der Waals surface area contributed by atoms with E-state index in [0.29, 0.717) is 25.2 Å². The van der Waals surface area contributed by atoms with Crippen molar-refractivity contribution in [3.8, 4) is 0 Å². The van der Waals surface area contributed by atoms with E-state index in [1.54, 1.807) is 19.9 Å². The van der Waals surface area contributed by atoms with Gasteiger partial charge in [-0.25, -0.2) is 0 Å². The molecule has 3 aliphatic rings. The van der Waals surface area contributed by atoms with Crippen molar-refractivity contribution in [2.75, 3.05) is 25.0 Å². The minimum absolute atomic E-state index is 0.121. The summed E-state index contributed by atoms with van der Waals surface area (Å²) in [7, 11) is 0. The lowest BCUT2D eigenvalue weighted by Crippen LogP contribution is -2.71. The Morgan fingerprint density at radius 2 is 1.97 bits per heavy atom. The number of carbonyl (C=O) groups excluding carboxylic acids is 2. The normalized spacial score (nSPS) is 30.8. The van der Waals surface area contributed by atoms with Crippen molar-refractivity contribution >= 4 is 17.5 Å². The number of hydrogen-bond acceptors (Lipinski definition) is 5. The summed E-state index contributed by atoms with van der Waals surface area (Å²) < 4.78 is 40.0. The number of carbonyl (C=O) groups is 2. The number of benzene rings is 1. The van der Waals surface area contributed by atoms with E-state index in [-0.39, 0.29) is 29.8 Å². The van der Waals surface area contributed by atoms with Crippen LogP contribution in [0.3, 0.4) is 0 Å². The van der Waals surface area contributed by atoms with Crippen LogP contribution >= 0.6 is 0 Å². The molecule has 1 aromatic carbocycles. The van der Waals surface area contributed by atoms with Crippen molar-refractivity contribution in [2.45, 2.75) is 50.5 Å². The first-order chi connectivity index (χ1) is 14.7. The SMILES string of the molecule is CC(C)C(=O)Nc1ccccc1C1CNC2C3NNCC3C(=O)N(CC(F)(F)F)C2C1. The number of fused-ring (bicyclic) bond motifs is 3. The second kappa shape index (κ2) is 8.40. The minimum atomic E-state index is -4.47. The summed E-state index contributed by atoms with van der Waals surface area (Å²) in [5.74, 6) is -1.45. The molecular formula is C21H28F3N5O2. The molecule has 0 saturated carbocycles. The summed E-state index contributed by atoms with van der Waals surface area (Å²) in [6, 6.07) is 6.23. The minimum Gasteiger partial charge on any atom is -0.329 e. The molecule has 0 spiro atoms. The first-order valence-corrected chi connectivity index (χ1v) is 10.6. The zero-order valence-corrected chi connectivity index (χ0v) is 17.5. The quantitative estimate of drug-likeness (QED) is 0.573. The number of alkyl halides is 3. The van der Waals surface area contributed by atoms with E-state index in [1.807, 2.05) is 18.2 Å². The molecule has 3 saturated heterocycles. The van der Waals surface area contributed by atoms with Crippen molar-refractivity contribution in [1.82, 2.24) is 21.1 Å².